The molecular weight excluding hydrogens is 510 g/mol. The Morgan fingerprint density at radius 2 is 2.03 bits per heavy atom. The molecule has 164 valence electrons. The first-order chi connectivity index (χ1) is 14.8. The van der Waals surface area contributed by atoms with E-state index in [-0.39, 0.29) is 10.6 Å². The first kappa shape index (κ1) is 21.8. The van der Waals surface area contributed by atoms with Gasteiger partial charge < -0.3 is 9.72 Å². The van der Waals surface area contributed by atoms with Crippen LogP contribution >= 0.6 is 26.6 Å². The molecule has 12 heteroatoms. The van der Waals surface area contributed by atoms with Crippen molar-refractivity contribution in [2.24, 2.45) is 0 Å². The van der Waals surface area contributed by atoms with Crippen LogP contribution < -0.4 is 10.4 Å². The first-order valence-electron chi connectivity index (χ1n) is 9.63. The van der Waals surface area contributed by atoms with Gasteiger partial charge in [-0.3, -0.25) is 4.57 Å². The zero-order valence-corrected chi connectivity index (χ0v) is 19.9. The topological polar surface area (TPSA) is 111 Å². The second-order valence-corrected chi connectivity index (χ2v) is 10.3. The Morgan fingerprint density at radius 3 is 2.71 bits per heavy atom. The molecule has 31 heavy (non-hydrogen) atoms. The van der Waals surface area contributed by atoms with Crippen LogP contribution in [-0.2, 0) is 15.6 Å². The number of hydrogen-bond donors (Lipinski definition) is 1. The Hall–Kier alpha value is -2.37. The molecule has 0 atom stereocenters. The molecule has 0 saturated carbocycles. The van der Waals surface area contributed by atoms with Crippen molar-refractivity contribution in [3.8, 4) is 17.0 Å². The summed E-state index contributed by atoms with van der Waals surface area (Å²) in [5.74, 6) is 0.486. The van der Waals surface area contributed by atoms with Gasteiger partial charge in [-0.1, -0.05) is 13.8 Å². The average Bonchev–Trinajstić information content (AvgIpc) is 3.34. The van der Waals surface area contributed by atoms with Crippen LogP contribution in [-0.4, -0.2) is 39.2 Å². The van der Waals surface area contributed by atoms with Crippen molar-refractivity contribution in [2.45, 2.75) is 38.1 Å². The Labute approximate surface area is 190 Å². The standard InChI is InChI=1S/C19H19BrClN5O4S/c1-3-7-25-17-14(20)15(23-16(17)18-24-22-10-26(18)19(25)27)12-9-11(31(21,28)29)5-6-13(12)30-8-4-2/h5-6,9-10,23H,3-4,7-8H2,1-2H3. The summed E-state index contributed by atoms with van der Waals surface area (Å²) in [5, 5.41) is 7.96. The maximum Gasteiger partial charge on any atom is 0.335 e. The lowest BCUT2D eigenvalue weighted by atomic mass is 10.1. The predicted molar refractivity (Wildman–Crippen MR) is 121 cm³/mol. The van der Waals surface area contributed by atoms with Crippen LogP contribution in [0, 0.1) is 0 Å². The lowest BCUT2D eigenvalue weighted by Crippen LogP contribution is -2.26. The average molecular weight is 529 g/mol. The van der Waals surface area contributed by atoms with Crippen LogP contribution in [0.5, 0.6) is 5.75 Å². The molecule has 4 aromatic rings. The first-order valence-corrected chi connectivity index (χ1v) is 12.7. The van der Waals surface area contributed by atoms with Gasteiger partial charge in [0.15, 0.2) is 5.65 Å². The van der Waals surface area contributed by atoms with Crippen LogP contribution in [0.25, 0.3) is 27.9 Å². The minimum absolute atomic E-state index is 0.0582. The lowest BCUT2D eigenvalue weighted by Gasteiger charge is -2.12. The van der Waals surface area contributed by atoms with E-state index in [9.17, 15) is 13.2 Å². The zero-order chi connectivity index (χ0) is 22.3. The molecule has 3 aromatic heterocycles. The SMILES string of the molecule is CCCOc1ccc(S(=O)(=O)Cl)cc1-c1[nH]c2c(c1Br)n(CCC)c(=O)n1cnnc21. The number of ether oxygens (including phenoxy) is 1. The Bertz CT molecular complexity index is 1460. The molecule has 9 nitrogen and oxygen atoms in total. The maximum atomic E-state index is 13.0. The van der Waals surface area contributed by atoms with Crippen LogP contribution in [0.15, 0.2) is 38.7 Å². The number of nitrogens with zero attached hydrogens (tertiary/aromatic N) is 4. The molecule has 1 aromatic carbocycles. The third kappa shape index (κ3) is 3.74. The second-order valence-electron chi connectivity index (χ2n) is 6.94. The molecule has 4 rings (SSSR count). The highest BCUT2D eigenvalue weighted by molar-refractivity contribution is 9.10. The zero-order valence-electron chi connectivity index (χ0n) is 16.7. The van der Waals surface area contributed by atoms with Crippen LogP contribution in [0.1, 0.15) is 26.7 Å². The van der Waals surface area contributed by atoms with Gasteiger partial charge in [0, 0.05) is 22.8 Å². The summed E-state index contributed by atoms with van der Waals surface area (Å²) in [6, 6.07) is 4.42. The van der Waals surface area contributed by atoms with Gasteiger partial charge in [-0.15, -0.1) is 10.2 Å². The number of hydrogen-bond acceptors (Lipinski definition) is 6. The van der Waals surface area contributed by atoms with Gasteiger partial charge in [-0.25, -0.2) is 17.6 Å². The van der Waals surface area contributed by atoms with Gasteiger partial charge in [0.25, 0.3) is 9.05 Å². The van der Waals surface area contributed by atoms with Crippen molar-refractivity contribution in [3.05, 3.63) is 39.5 Å². The Kier molecular flexibility index (Phi) is 5.84. The summed E-state index contributed by atoms with van der Waals surface area (Å²) in [5.41, 5.74) is 2.35. The quantitative estimate of drug-likeness (QED) is 0.364. The van der Waals surface area contributed by atoms with E-state index in [0.29, 0.717) is 51.3 Å². The Morgan fingerprint density at radius 1 is 1.26 bits per heavy atom. The molecule has 3 heterocycles. The molecule has 0 aliphatic heterocycles. The minimum Gasteiger partial charge on any atom is -0.493 e. The number of aromatic nitrogens is 5. The maximum absolute atomic E-state index is 13.0. The van der Waals surface area contributed by atoms with Crippen LogP contribution in [0.2, 0.25) is 0 Å². The number of fused-ring (bicyclic) bond motifs is 3. The van der Waals surface area contributed by atoms with E-state index in [1.807, 2.05) is 13.8 Å². The molecule has 0 aliphatic carbocycles. The van der Waals surface area contributed by atoms with Gasteiger partial charge in [0.1, 0.15) is 17.6 Å². The largest absolute Gasteiger partial charge is 0.493 e. The molecular formula is C19H19BrClN5O4S. The van der Waals surface area contributed by atoms with Crippen molar-refractivity contribution in [2.75, 3.05) is 6.61 Å². The fourth-order valence-electron chi connectivity index (χ4n) is 3.46. The number of benzene rings is 1. The second kappa shape index (κ2) is 8.29. The van der Waals surface area contributed by atoms with Crippen LogP contribution in [0.3, 0.4) is 0 Å². The summed E-state index contributed by atoms with van der Waals surface area (Å²) in [6.07, 6.45) is 2.88. The molecule has 0 amide bonds. The van der Waals surface area contributed by atoms with Crippen LogP contribution in [0.4, 0.5) is 0 Å². The van der Waals surface area contributed by atoms with E-state index in [2.05, 4.69) is 31.1 Å². The van der Waals surface area contributed by atoms with Gasteiger partial charge in [0.05, 0.1) is 27.2 Å². The fraction of sp³-hybridized carbons (Fsp3) is 0.316. The molecule has 0 fully saturated rings. The smallest absolute Gasteiger partial charge is 0.335 e. The highest BCUT2D eigenvalue weighted by Gasteiger charge is 2.23. The van der Waals surface area contributed by atoms with Gasteiger partial charge in [-0.05, 0) is 47.0 Å². The van der Waals surface area contributed by atoms with Crippen molar-refractivity contribution in [1.29, 1.82) is 0 Å². The number of H-pyrrole nitrogens is 1. The third-order valence-electron chi connectivity index (χ3n) is 4.80. The normalized spacial score (nSPS) is 12.1. The highest BCUT2D eigenvalue weighted by atomic mass is 79.9. The molecule has 0 bridgehead atoms. The van der Waals surface area contributed by atoms with Gasteiger partial charge in [-0.2, -0.15) is 0 Å². The number of nitrogens with one attached hydrogen (secondary N) is 1. The van der Waals surface area contributed by atoms with E-state index < -0.39 is 9.05 Å². The van der Waals surface area contributed by atoms with Crippen molar-refractivity contribution >= 4 is 52.3 Å². The molecule has 0 radical (unpaired) electrons. The monoisotopic (exact) mass is 527 g/mol. The van der Waals surface area contributed by atoms with E-state index in [1.54, 1.807) is 10.6 Å². The van der Waals surface area contributed by atoms with E-state index in [0.717, 1.165) is 12.8 Å². The predicted octanol–water partition coefficient (Wildman–Crippen LogP) is 3.93. The summed E-state index contributed by atoms with van der Waals surface area (Å²) < 4.78 is 33.4. The summed E-state index contributed by atoms with van der Waals surface area (Å²) in [6.45, 7) is 4.88. The van der Waals surface area contributed by atoms with Gasteiger partial charge >= 0.3 is 5.69 Å². The van der Waals surface area contributed by atoms with Crippen molar-refractivity contribution in [3.63, 3.8) is 0 Å². The van der Waals surface area contributed by atoms with E-state index in [4.69, 9.17) is 15.4 Å². The Balaban J connectivity index is 2.08. The molecule has 0 saturated heterocycles. The minimum atomic E-state index is -3.96. The summed E-state index contributed by atoms with van der Waals surface area (Å²) >= 11 is 3.61. The third-order valence-corrected chi connectivity index (χ3v) is 6.93. The molecule has 0 unspecified atom stereocenters. The molecule has 1 N–H and O–H groups in total. The molecule has 0 spiro atoms. The highest BCUT2D eigenvalue weighted by Crippen LogP contribution is 2.40. The van der Waals surface area contributed by atoms with E-state index in [1.165, 1.54) is 22.9 Å². The fourth-order valence-corrected chi connectivity index (χ4v) is 4.97. The number of halogens is 2. The van der Waals surface area contributed by atoms with Gasteiger partial charge in [0.2, 0.25) is 0 Å². The lowest BCUT2D eigenvalue weighted by molar-refractivity contribution is 0.318. The van der Waals surface area contributed by atoms with Crippen molar-refractivity contribution < 1.29 is 13.2 Å². The number of rotatable bonds is 7. The summed E-state index contributed by atoms with van der Waals surface area (Å²) in [4.78, 5) is 16.2. The molecule has 0 aliphatic rings. The summed E-state index contributed by atoms with van der Waals surface area (Å²) in [7, 11) is 1.63. The number of aryl methyl sites for hydroxylation is 1. The number of aromatic amines is 1. The van der Waals surface area contributed by atoms with Crippen molar-refractivity contribution in [1.82, 2.24) is 24.1 Å². The van der Waals surface area contributed by atoms with E-state index >= 15 is 0 Å².